The SMILES string of the molecule is CCOc1ccc(NC(=O)NCc2nnc(SCc3ccccc3C)n2-c2ccc(C)cc2)cc1. The molecule has 0 unspecified atom stereocenters. The third kappa shape index (κ3) is 6.42. The number of thioether (sulfide) groups is 1. The van der Waals surface area contributed by atoms with Crippen molar-refractivity contribution in [1.29, 1.82) is 0 Å². The van der Waals surface area contributed by atoms with Gasteiger partial charge in [-0.15, -0.1) is 10.2 Å². The van der Waals surface area contributed by atoms with Crippen LogP contribution < -0.4 is 15.4 Å². The molecule has 0 saturated carbocycles. The lowest BCUT2D eigenvalue weighted by Gasteiger charge is -2.12. The summed E-state index contributed by atoms with van der Waals surface area (Å²) < 4.78 is 7.44. The molecule has 0 spiro atoms. The number of ether oxygens (including phenoxy) is 1. The van der Waals surface area contributed by atoms with Gasteiger partial charge in [0, 0.05) is 17.1 Å². The molecule has 0 saturated heterocycles. The highest BCUT2D eigenvalue weighted by molar-refractivity contribution is 7.98. The number of aromatic nitrogens is 3. The van der Waals surface area contributed by atoms with Crippen LogP contribution in [-0.2, 0) is 12.3 Å². The van der Waals surface area contributed by atoms with Gasteiger partial charge < -0.3 is 15.4 Å². The number of hydrogen-bond donors (Lipinski definition) is 2. The summed E-state index contributed by atoms with van der Waals surface area (Å²) in [7, 11) is 0. The Balaban J connectivity index is 1.47. The Morgan fingerprint density at radius 3 is 2.43 bits per heavy atom. The van der Waals surface area contributed by atoms with E-state index in [9.17, 15) is 4.79 Å². The molecule has 4 aromatic rings. The standard InChI is InChI=1S/C27H29N5O2S/c1-4-34-24-15-11-22(12-16-24)29-26(33)28-17-25-30-31-27(32(25)23-13-9-19(2)10-14-23)35-18-21-8-6-5-7-20(21)3/h5-16H,4,17-18H2,1-3H3,(H2,28,29,33). The highest BCUT2D eigenvalue weighted by Gasteiger charge is 2.16. The third-order valence-corrected chi connectivity index (χ3v) is 6.42. The number of aryl methyl sites for hydroxylation is 2. The summed E-state index contributed by atoms with van der Waals surface area (Å²) in [6.45, 7) is 6.92. The first-order valence-corrected chi connectivity index (χ1v) is 12.5. The van der Waals surface area contributed by atoms with Gasteiger partial charge in [0.1, 0.15) is 5.75 Å². The van der Waals surface area contributed by atoms with E-state index >= 15 is 0 Å². The lowest BCUT2D eigenvalue weighted by molar-refractivity contribution is 0.251. The van der Waals surface area contributed by atoms with Gasteiger partial charge in [0.15, 0.2) is 11.0 Å². The molecule has 3 aromatic carbocycles. The van der Waals surface area contributed by atoms with Crippen molar-refractivity contribution in [3.63, 3.8) is 0 Å². The Labute approximate surface area is 209 Å². The summed E-state index contributed by atoms with van der Waals surface area (Å²) in [5, 5.41) is 15.3. The predicted octanol–water partition coefficient (Wildman–Crippen LogP) is 5.90. The van der Waals surface area contributed by atoms with E-state index in [4.69, 9.17) is 4.74 Å². The normalized spacial score (nSPS) is 10.7. The number of urea groups is 1. The second kappa shape index (κ2) is 11.6. The molecular formula is C27H29N5O2S. The molecule has 8 heteroatoms. The molecule has 7 nitrogen and oxygen atoms in total. The summed E-state index contributed by atoms with van der Waals surface area (Å²) in [5.74, 6) is 2.20. The van der Waals surface area contributed by atoms with Crippen LogP contribution in [0.2, 0.25) is 0 Å². The van der Waals surface area contributed by atoms with Gasteiger partial charge in [-0.25, -0.2) is 4.79 Å². The van der Waals surface area contributed by atoms with Crippen LogP contribution in [0.3, 0.4) is 0 Å². The number of rotatable bonds is 9. The van der Waals surface area contributed by atoms with Crippen molar-refractivity contribution in [3.05, 3.63) is 95.3 Å². The molecular weight excluding hydrogens is 458 g/mol. The van der Waals surface area contributed by atoms with Gasteiger partial charge in [-0.05, 0) is 68.3 Å². The molecule has 0 aliphatic carbocycles. The second-order valence-corrected chi connectivity index (χ2v) is 8.99. The van der Waals surface area contributed by atoms with Crippen molar-refractivity contribution in [2.24, 2.45) is 0 Å². The van der Waals surface area contributed by atoms with Gasteiger partial charge in [0.05, 0.1) is 13.2 Å². The zero-order valence-corrected chi connectivity index (χ0v) is 20.9. The van der Waals surface area contributed by atoms with Gasteiger partial charge in [-0.2, -0.15) is 0 Å². The minimum absolute atomic E-state index is 0.231. The topological polar surface area (TPSA) is 81.1 Å². The molecule has 35 heavy (non-hydrogen) atoms. The largest absolute Gasteiger partial charge is 0.494 e. The van der Waals surface area contributed by atoms with Crippen molar-refractivity contribution in [3.8, 4) is 11.4 Å². The lowest BCUT2D eigenvalue weighted by Crippen LogP contribution is -2.29. The number of carbonyl (C=O) groups is 1. The highest BCUT2D eigenvalue weighted by atomic mass is 32.2. The highest BCUT2D eigenvalue weighted by Crippen LogP contribution is 2.26. The van der Waals surface area contributed by atoms with Crippen LogP contribution in [0.25, 0.3) is 5.69 Å². The number of anilines is 1. The van der Waals surface area contributed by atoms with Crippen LogP contribution >= 0.6 is 11.8 Å². The van der Waals surface area contributed by atoms with Crippen molar-refractivity contribution >= 4 is 23.5 Å². The number of benzene rings is 3. The molecule has 0 aliphatic heterocycles. The van der Waals surface area contributed by atoms with Crippen molar-refractivity contribution in [2.45, 2.75) is 38.2 Å². The molecule has 0 aliphatic rings. The fraction of sp³-hybridized carbons (Fsp3) is 0.222. The molecule has 0 radical (unpaired) electrons. The van der Waals surface area contributed by atoms with Gasteiger partial charge in [0.2, 0.25) is 0 Å². The van der Waals surface area contributed by atoms with Crippen LogP contribution in [-0.4, -0.2) is 27.4 Å². The van der Waals surface area contributed by atoms with E-state index in [-0.39, 0.29) is 12.6 Å². The zero-order valence-electron chi connectivity index (χ0n) is 20.1. The lowest BCUT2D eigenvalue weighted by atomic mass is 10.1. The van der Waals surface area contributed by atoms with E-state index in [2.05, 4.69) is 58.9 Å². The van der Waals surface area contributed by atoms with E-state index in [0.29, 0.717) is 18.1 Å². The quantitative estimate of drug-likeness (QED) is 0.288. The third-order valence-electron chi connectivity index (χ3n) is 5.44. The molecule has 2 amide bonds. The summed E-state index contributed by atoms with van der Waals surface area (Å²) in [4.78, 5) is 12.5. The van der Waals surface area contributed by atoms with E-state index in [1.807, 2.05) is 47.9 Å². The Hall–Kier alpha value is -3.78. The van der Waals surface area contributed by atoms with Gasteiger partial charge in [-0.3, -0.25) is 4.57 Å². The molecule has 0 bridgehead atoms. The van der Waals surface area contributed by atoms with Crippen molar-refractivity contribution in [1.82, 2.24) is 20.1 Å². The average Bonchev–Trinajstić information content (AvgIpc) is 3.27. The number of carbonyl (C=O) groups excluding carboxylic acids is 1. The molecule has 1 aromatic heterocycles. The van der Waals surface area contributed by atoms with Crippen molar-refractivity contribution in [2.75, 3.05) is 11.9 Å². The van der Waals surface area contributed by atoms with Gasteiger partial charge in [0.25, 0.3) is 0 Å². The molecule has 2 N–H and O–H groups in total. The molecule has 180 valence electrons. The van der Waals surface area contributed by atoms with Crippen LogP contribution in [0.4, 0.5) is 10.5 Å². The summed E-state index contributed by atoms with van der Waals surface area (Å²) in [6, 6.07) is 23.5. The smallest absolute Gasteiger partial charge is 0.319 e. The zero-order chi connectivity index (χ0) is 24.6. The average molecular weight is 488 g/mol. The van der Waals surface area contributed by atoms with Crippen LogP contribution in [0.5, 0.6) is 5.75 Å². The van der Waals surface area contributed by atoms with Crippen LogP contribution in [0.1, 0.15) is 29.4 Å². The molecule has 4 rings (SSSR count). The molecule has 0 atom stereocenters. The van der Waals surface area contributed by atoms with Crippen molar-refractivity contribution < 1.29 is 9.53 Å². The summed E-state index contributed by atoms with van der Waals surface area (Å²) in [6.07, 6.45) is 0. The first-order chi connectivity index (χ1) is 17.0. The van der Waals surface area contributed by atoms with Crippen LogP contribution in [0, 0.1) is 13.8 Å². The Kier molecular flexibility index (Phi) is 8.05. The minimum Gasteiger partial charge on any atom is -0.494 e. The maximum atomic E-state index is 12.5. The van der Waals surface area contributed by atoms with E-state index in [1.165, 1.54) is 16.7 Å². The molecule has 1 heterocycles. The monoisotopic (exact) mass is 487 g/mol. The van der Waals surface area contributed by atoms with E-state index in [1.54, 1.807) is 23.9 Å². The van der Waals surface area contributed by atoms with Gasteiger partial charge >= 0.3 is 6.03 Å². The Morgan fingerprint density at radius 1 is 0.971 bits per heavy atom. The number of nitrogens with zero attached hydrogens (tertiary/aromatic N) is 3. The predicted molar refractivity (Wildman–Crippen MR) is 140 cm³/mol. The molecule has 0 fully saturated rings. The maximum absolute atomic E-state index is 12.5. The summed E-state index contributed by atoms with van der Waals surface area (Å²) >= 11 is 1.63. The first kappa shape index (κ1) is 24.3. The number of amides is 2. The van der Waals surface area contributed by atoms with Crippen LogP contribution in [0.15, 0.2) is 78.0 Å². The van der Waals surface area contributed by atoms with Gasteiger partial charge in [-0.1, -0.05) is 53.7 Å². The second-order valence-electron chi connectivity index (χ2n) is 8.05. The van der Waals surface area contributed by atoms with E-state index < -0.39 is 0 Å². The first-order valence-electron chi connectivity index (χ1n) is 11.5. The Bertz CT molecular complexity index is 1270. The Morgan fingerprint density at radius 2 is 1.71 bits per heavy atom. The fourth-order valence-corrected chi connectivity index (χ4v) is 4.56. The maximum Gasteiger partial charge on any atom is 0.319 e. The van der Waals surface area contributed by atoms with E-state index in [0.717, 1.165) is 22.3 Å². The minimum atomic E-state index is -0.318. The number of nitrogens with one attached hydrogen (secondary N) is 2. The summed E-state index contributed by atoms with van der Waals surface area (Å²) in [5.41, 5.74) is 5.31. The number of hydrogen-bond acceptors (Lipinski definition) is 5. The fourth-order valence-electron chi connectivity index (χ4n) is 3.51.